The molecule has 0 spiro atoms. The Morgan fingerprint density at radius 3 is 2.80 bits per heavy atom. The van der Waals surface area contributed by atoms with E-state index in [2.05, 4.69) is 21.4 Å². The first-order valence-corrected chi connectivity index (χ1v) is 9.58. The molecule has 1 aromatic heterocycles. The van der Waals surface area contributed by atoms with E-state index in [1.165, 1.54) is 17.1 Å². The molecule has 0 saturated carbocycles. The Labute approximate surface area is 151 Å². The maximum absolute atomic E-state index is 12.9. The summed E-state index contributed by atoms with van der Waals surface area (Å²) in [7, 11) is 0. The average Bonchev–Trinajstić information content (AvgIpc) is 3.32. The molecule has 2 aliphatic heterocycles. The number of ether oxygens (including phenoxy) is 1. The fourth-order valence-electron chi connectivity index (χ4n) is 3.46. The van der Waals surface area contributed by atoms with Crippen molar-refractivity contribution in [3.8, 4) is 0 Å². The van der Waals surface area contributed by atoms with Crippen molar-refractivity contribution in [2.75, 3.05) is 37.7 Å². The molecule has 2 aliphatic rings. The lowest BCUT2D eigenvalue weighted by Crippen LogP contribution is -2.49. The van der Waals surface area contributed by atoms with Crippen LogP contribution < -0.4 is 4.90 Å². The van der Waals surface area contributed by atoms with Crippen LogP contribution in [-0.2, 0) is 16.0 Å². The monoisotopic (exact) mass is 358 g/mol. The van der Waals surface area contributed by atoms with E-state index in [0.717, 1.165) is 36.8 Å². The van der Waals surface area contributed by atoms with Gasteiger partial charge in [0.1, 0.15) is 11.9 Å². The van der Waals surface area contributed by atoms with Gasteiger partial charge in [0, 0.05) is 37.6 Å². The topological polar surface area (TPSA) is 58.6 Å². The molecule has 1 atom stereocenters. The highest BCUT2D eigenvalue weighted by Gasteiger charge is 2.35. The minimum Gasteiger partial charge on any atom is -0.378 e. The standard InChI is InChI=1S/C18H22N4O2S/c23-17(21-9-11-24-12-10-21)15-7-4-8-22(15)18-19-16(20-25-18)13-14-5-2-1-3-6-14/h1-3,5-6,15H,4,7-13H2. The van der Waals surface area contributed by atoms with Crippen LogP contribution in [0.2, 0.25) is 0 Å². The van der Waals surface area contributed by atoms with Gasteiger partial charge < -0.3 is 14.5 Å². The Bertz CT molecular complexity index is 715. The summed E-state index contributed by atoms with van der Waals surface area (Å²) in [5.74, 6) is 1.04. The third kappa shape index (κ3) is 3.67. The van der Waals surface area contributed by atoms with Gasteiger partial charge in [-0.05, 0) is 18.4 Å². The van der Waals surface area contributed by atoms with E-state index < -0.39 is 0 Å². The van der Waals surface area contributed by atoms with Crippen molar-refractivity contribution in [2.45, 2.75) is 25.3 Å². The molecule has 4 rings (SSSR count). The number of benzene rings is 1. The molecule has 0 N–H and O–H groups in total. The highest BCUT2D eigenvalue weighted by Crippen LogP contribution is 2.28. The normalized spacial score (nSPS) is 20.9. The highest BCUT2D eigenvalue weighted by atomic mass is 32.1. The maximum atomic E-state index is 12.9. The molecule has 0 radical (unpaired) electrons. The molecule has 1 aromatic carbocycles. The quantitative estimate of drug-likeness (QED) is 0.836. The Hall–Kier alpha value is -1.99. The molecule has 2 aromatic rings. The SMILES string of the molecule is O=C(C1CCCN1c1nc(Cc2ccccc2)ns1)N1CCOCC1. The number of anilines is 1. The van der Waals surface area contributed by atoms with Gasteiger partial charge in [0.2, 0.25) is 11.0 Å². The smallest absolute Gasteiger partial charge is 0.245 e. The predicted octanol–water partition coefficient (Wildman–Crippen LogP) is 1.96. The number of morpholine rings is 1. The molecule has 132 valence electrons. The fourth-order valence-corrected chi connectivity index (χ4v) is 4.22. The van der Waals surface area contributed by atoms with Crippen LogP contribution in [0.3, 0.4) is 0 Å². The molecule has 6 nitrogen and oxygen atoms in total. The third-order valence-electron chi connectivity index (χ3n) is 4.77. The second-order valence-electron chi connectivity index (χ2n) is 6.44. The lowest BCUT2D eigenvalue weighted by atomic mass is 10.1. The molecule has 7 heteroatoms. The Balaban J connectivity index is 1.46. The van der Waals surface area contributed by atoms with E-state index in [4.69, 9.17) is 9.72 Å². The Morgan fingerprint density at radius 2 is 2.00 bits per heavy atom. The van der Waals surface area contributed by atoms with Crippen LogP contribution >= 0.6 is 11.5 Å². The molecule has 25 heavy (non-hydrogen) atoms. The van der Waals surface area contributed by atoms with Crippen molar-refractivity contribution < 1.29 is 9.53 Å². The van der Waals surface area contributed by atoms with Crippen molar-refractivity contribution in [1.29, 1.82) is 0 Å². The number of amides is 1. The van der Waals surface area contributed by atoms with Gasteiger partial charge in [0.25, 0.3) is 0 Å². The lowest BCUT2D eigenvalue weighted by Gasteiger charge is -2.32. The summed E-state index contributed by atoms with van der Waals surface area (Å²) in [5, 5.41) is 0.870. The maximum Gasteiger partial charge on any atom is 0.245 e. The molecule has 1 amide bonds. The van der Waals surface area contributed by atoms with Crippen LogP contribution in [0.1, 0.15) is 24.2 Å². The molecule has 0 aliphatic carbocycles. The van der Waals surface area contributed by atoms with Crippen LogP contribution in [-0.4, -0.2) is 59.1 Å². The van der Waals surface area contributed by atoms with Crippen molar-refractivity contribution >= 4 is 22.6 Å². The Kier molecular flexibility index (Phi) is 4.94. The summed E-state index contributed by atoms with van der Waals surface area (Å²) in [6.45, 7) is 3.54. The zero-order chi connectivity index (χ0) is 17.1. The van der Waals surface area contributed by atoms with Gasteiger partial charge in [-0.25, -0.2) is 4.98 Å². The van der Waals surface area contributed by atoms with Crippen LogP contribution in [0.25, 0.3) is 0 Å². The van der Waals surface area contributed by atoms with E-state index in [-0.39, 0.29) is 11.9 Å². The van der Waals surface area contributed by atoms with Gasteiger partial charge in [0.05, 0.1) is 13.2 Å². The lowest BCUT2D eigenvalue weighted by molar-refractivity contribution is -0.136. The van der Waals surface area contributed by atoms with Gasteiger partial charge in [-0.2, -0.15) is 4.37 Å². The molecule has 2 saturated heterocycles. The second-order valence-corrected chi connectivity index (χ2v) is 7.17. The van der Waals surface area contributed by atoms with Gasteiger partial charge in [0.15, 0.2) is 0 Å². The summed E-state index contributed by atoms with van der Waals surface area (Å²) in [6, 6.07) is 10.1. The van der Waals surface area contributed by atoms with Gasteiger partial charge in [-0.1, -0.05) is 30.3 Å². The first kappa shape index (κ1) is 16.5. The number of rotatable bonds is 4. The van der Waals surface area contributed by atoms with E-state index in [9.17, 15) is 4.79 Å². The number of carbonyl (C=O) groups excluding carboxylic acids is 1. The fraction of sp³-hybridized carbons (Fsp3) is 0.500. The van der Waals surface area contributed by atoms with Crippen LogP contribution in [0.15, 0.2) is 30.3 Å². The zero-order valence-electron chi connectivity index (χ0n) is 14.1. The zero-order valence-corrected chi connectivity index (χ0v) is 15.0. The van der Waals surface area contributed by atoms with E-state index in [0.29, 0.717) is 26.3 Å². The molecule has 0 bridgehead atoms. The largest absolute Gasteiger partial charge is 0.378 e. The Morgan fingerprint density at radius 1 is 1.20 bits per heavy atom. The van der Waals surface area contributed by atoms with Crippen LogP contribution in [0.4, 0.5) is 5.13 Å². The number of hydrogen-bond donors (Lipinski definition) is 0. The molecular formula is C18H22N4O2S. The minimum absolute atomic E-state index is 0.101. The van der Waals surface area contributed by atoms with Crippen LogP contribution in [0, 0.1) is 0 Å². The second kappa shape index (κ2) is 7.49. The molecule has 1 unspecified atom stereocenters. The van der Waals surface area contributed by atoms with Crippen molar-refractivity contribution in [3.05, 3.63) is 41.7 Å². The first-order valence-electron chi connectivity index (χ1n) is 8.81. The molecule has 2 fully saturated rings. The van der Waals surface area contributed by atoms with E-state index in [1.54, 1.807) is 0 Å². The summed E-state index contributed by atoms with van der Waals surface area (Å²) < 4.78 is 9.86. The third-order valence-corrected chi connectivity index (χ3v) is 5.56. The average molecular weight is 358 g/mol. The van der Waals surface area contributed by atoms with E-state index in [1.807, 2.05) is 23.1 Å². The summed E-state index contributed by atoms with van der Waals surface area (Å²) in [5.41, 5.74) is 1.20. The minimum atomic E-state index is -0.101. The number of nitrogens with zero attached hydrogens (tertiary/aromatic N) is 4. The van der Waals surface area contributed by atoms with Gasteiger partial charge >= 0.3 is 0 Å². The van der Waals surface area contributed by atoms with Crippen LogP contribution in [0.5, 0.6) is 0 Å². The van der Waals surface area contributed by atoms with Crippen molar-refractivity contribution in [2.24, 2.45) is 0 Å². The summed E-state index contributed by atoms with van der Waals surface area (Å²) in [6.07, 6.45) is 2.64. The first-order chi connectivity index (χ1) is 12.3. The van der Waals surface area contributed by atoms with Gasteiger partial charge in [-0.3, -0.25) is 4.79 Å². The summed E-state index contributed by atoms with van der Waals surface area (Å²) >= 11 is 1.40. The number of carbonyl (C=O) groups is 1. The predicted molar refractivity (Wildman–Crippen MR) is 96.9 cm³/mol. The molecular weight excluding hydrogens is 336 g/mol. The van der Waals surface area contributed by atoms with Gasteiger partial charge in [-0.15, -0.1) is 0 Å². The van der Waals surface area contributed by atoms with Crippen molar-refractivity contribution in [3.63, 3.8) is 0 Å². The number of hydrogen-bond acceptors (Lipinski definition) is 6. The highest BCUT2D eigenvalue weighted by molar-refractivity contribution is 7.09. The number of aromatic nitrogens is 2. The van der Waals surface area contributed by atoms with Crippen molar-refractivity contribution in [1.82, 2.24) is 14.3 Å². The van der Waals surface area contributed by atoms with E-state index >= 15 is 0 Å². The summed E-state index contributed by atoms with van der Waals surface area (Å²) in [4.78, 5) is 21.6. The molecule has 3 heterocycles.